The van der Waals surface area contributed by atoms with E-state index >= 15 is 0 Å². The summed E-state index contributed by atoms with van der Waals surface area (Å²) >= 11 is 0. The number of rotatable bonds is 3. The summed E-state index contributed by atoms with van der Waals surface area (Å²) in [6, 6.07) is 7.76. The van der Waals surface area contributed by atoms with Gasteiger partial charge in [-0.2, -0.15) is 4.31 Å². The van der Waals surface area contributed by atoms with E-state index < -0.39 is 27.9 Å². The lowest BCUT2D eigenvalue weighted by molar-refractivity contribution is -0.0985. The van der Waals surface area contributed by atoms with Crippen LogP contribution >= 0.6 is 0 Å². The second-order valence-electron chi connectivity index (χ2n) is 4.83. The van der Waals surface area contributed by atoms with Gasteiger partial charge in [0.2, 0.25) is 15.8 Å². The van der Waals surface area contributed by atoms with Crippen molar-refractivity contribution in [2.75, 3.05) is 6.54 Å². The Morgan fingerprint density at radius 3 is 2.42 bits per heavy atom. The third kappa shape index (κ3) is 1.88. The third-order valence-corrected chi connectivity index (χ3v) is 5.48. The fourth-order valence-corrected chi connectivity index (χ4v) is 3.85. The van der Waals surface area contributed by atoms with E-state index in [9.17, 15) is 12.8 Å². The Labute approximate surface area is 110 Å². The van der Waals surface area contributed by atoms with Crippen molar-refractivity contribution >= 4 is 10.0 Å². The zero-order valence-corrected chi connectivity index (χ0v) is 11.3. The van der Waals surface area contributed by atoms with Gasteiger partial charge in [0.15, 0.2) is 0 Å². The molecule has 1 aliphatic heterocycles. The normalized spacial score (nSPS) is 26.3. The van der Waals surface area contributed by atoms with Crippen LogP contribution in [0, 0.1) is 0 Å². The minimum Gasteiger partial charge on any atom is -0.234 e. The Hall–Kier alpha value is -1.63. The van der Waals surface area contributed by atoms with Gasteiger partial charge in [-0.1, -0.05) is 23.3 Å². The van der Waals surface area contributed by atoms with E-state index in [0.717, 1.165) is 4.31 Å². The first-order valence-electron chi connectivity index (χ1n) is 5.59. The van der Waals surface area contributed by atoms with Crippen LogP contribution in [0.4, 0.5) is 4.39 Å². The first-order valence-corrected chi connectivity index (χ1v) is 7.03. The molecular formula is C11H13FN4O2S. The maximum absolute atomic E-state index is 14.3. The maximum Gasteiger partial charge on any atom is 0.243 e. The first kappa shape index (κ1) is 13.8. The molecule has 0 unspecified atom stereocenters. The summed E-state index contributed by atoms with van der Waals surface area (Å²) in [6.45, 7) is 2.32. The van der Waals surface area contributed by atoms with Crippen LogP contribution in [-0.4, -0.2) is 30.6 Å². The van der Waals surface area contributed by atoms with Crippen molar-refractivity contribution in [1.82, 2.24) is 4.31 Å². The van der Waals surface area contributed by atoms with Gasteiger partial charge in [-0.05, 0) is 31.5 Å². The zero-order valence-electron chi connectivity index (χ0n) is 10.5. The molecule has 0 saturated carbocycles. The lowest BCUT2D eigenvalue weighted by atomic mass is 9.84. The van der Waals surface area contributed by atoms with Crippen molar-refractivity contribution in [3.05, 3.63) is 40.8 Å². The van der Waals surface area contributed by atoms with E-state index in [0.29, 0.717) is 0 Å². The monoisotopic (exact) mass is 284 g/mol. The third-order valence-electron chi connectivity index (χ3n) is 3.45. The van der Waals surface area contributed by atoms with Crippen molar-refractivity contribution in [1.29, 1.82) is 0 Å². The van der Waals surface area contributed by atoms with Gasteiger partial charge in [-0.15, -0.1) is 0 Å². The standard InChI is InChI=1S/C11H13FN4O2S/c1-10(2)11(12,14-15-13)8-16(10)19(17,18)9-6-4-3-5-7-9/h3-7H,8H2,1-2H3/t11-/m0/s1. The molecular weight excluding hydrogens is 271 g/mol. The zero-order chi connectivity index (χ0) is 14.3. The molecule has 0 N–H and O–H groups in total. The summed E-state index contributed by atoms with van der Waals surface area (Å²) < 4.78 is 40.0. The summed E-state index contributed by atoms with van der Waals surface area (Å²) in [5, 5.41) is 3.08. The molecule has 1 aromatic rings. The fraction of sp³-hybridized carbons (Fsp3) is 0.455. The molecule has 0 aliphatic carbocycles. The molecule has 8 heteroatoms. The van der Waals surface area contributed by atoms with Crippen LogP contribution in [-0.2, 0) is 10.0 Å². The quantitative estimate of drug-likeness (QED) is 0.369. The molecule has 1 fully saturated rings. The highest BCUT2D eigenvalue weighted by atomic mass is 32.2. The fourth-order valence-electron chi connectivity index (χ4n) is 2.01. The summed E-state index contributed by atoms with van der Waals surface area (Å²) in [7, 11) is -3.79. The van der Waals surface area contributed by atoms with Crippen molar-refractivity contribution in [2.24, 2.45) is 5.11 Å². The molecule has 0 amide bonds. The van der Waals surface area contributed by atoms with Gasteiger partial charge in [0.05, 0.1) is 17.0 Å². The Morgan fingerprint density at radius 2 is 1.95 bits per heavy atom. The second-order valence-corrected chi connectivity index (χ2v) is 6.69. The number of benzene rings is 1. The SMILES string of the molecule is CC1(C)N(S(=O)(=O)c2ccccc2)C[C@]1(F)N=[N+]=[N-]. The van der Waals surface area contributed by atoms with Gasteiger partial charge in [0, 0.05) is 4.91 Å². The van der Waals surface area contributed by atoms with Crippen LogP contribution in [0.3, 0.4) is 0 Å². The number of hydrogen-bond donors (Lipinski definition) is 0. The van der Waals surface area contributed by atoms with Gasteiger partial charge in [0.1, 0.15) is 0 Å². The van der Waals surface area contributed by atoms with Crippen LogP contribution in [0.25, 0.3) is 10.4 Å². The molecule has 1 saturated heterocycles. The van der Waals surface area contributed by atoms with Crippen LogP contribution in [0.15, 0.2) is 40.3 Å². The highest BCUT2D eigenvalue weighted by Gasteiger charge is 2.64. The highest BCUT2D eigenvalue weighted by molar-refractivity contribution is 7.89. The number of nitrogens with zero attached hydrogens (tertiary/aromatic N) is 4. The smallest absolute Gasteiger partial charge is 0.234 e. The highest BCUT2D eigenvalue weighted by Crippen LogP contribution is 2.47. The first-order chi connectivity index (χ1) is 8.75. The van der Waals surface area contributed by atoms with Crippen molar-refractivity contribution in [3.63, 3.8) is 0 Å². The van der Waals surface area contributed by atoms with Crippen molar-refractivity contribution in [3.8, 4) is 0 Å². The van der Waals surface area contributed by atoms with Crippen LogP contribution < -0.4 is 0 Å². The summed E-state index contributed by atoms with van der Waals surface area (Å²) in [5.74, 6) is -2.22. The molecule has 1 aromatic carbocycles. The van der Waals surface area contributed by atoms with Crippen LogP contribution in [0.1, 0.15) is 13.8 Å². The average molecular weight is 284 g/mol. The molecule has 0 spiro atoms. The predicted octanol–water partition coefficient (Wildman–Crippen LogP) is 2.45. The minimum absolute atomic E-state index is 0.0889. The summed E-state index contributed by atoms with van der Waals surface area (Å²) in [4.78, 5) is 2.53. The van der Waals surface area contributed by atoms with Crippen molar-refractivity contribution < 1.29 is 12.8 Å². The van der Waals surface area contributed by atoms with E-state index in [4.69, 9.17) is 5.53 Å². The van der Waals surface area contributed by atoms with Crippen LogP contribution in [0.2, 0.25) is 0 Å². The van der Waals surface area contributed by atoms with Gasteiger partial charge in [0.25, 0.3) is 0 Å². The topological polar surface area (TPSA) is 86.1 Å². The molecule has 1 heterocycles. The molecule has 19 heavy (non-hydrogen) atoms. The van der Waals surface area contributed by atoms with Gasteiger partial charge >= 0.3 is 0 Å². The molecule has 102 valence electrons. The minimum atomic E-state index is -3.79. The molecule has 0 radical (unpaired) electrons. The molecule has 0 aromatic heterocycles. The maximum atomic E-state index is 14.3. The lowest BCUT2D eigenvalue weighted by Gasteiger charge is -2.55. The Bertz CT molecular complexity index is 640. The van der Waals surface area contributed by atoms with E-state index in [-0.39, 0.29) is 4.90 Å². The van der Waals surface area contributed by atoms with E-state index in [1.54, 1.807) is 18.2 Å². The van der Waals surface area contributed by atoms with Gasteiger partial charge in [-0.3, -0.25) is 0 Å². The number of azide groups is 1. The Kier molecular flexibility index (Phi) is 3.04. The van der Waals surface area contributed by atoms with Crippen LogP contribution in [0.5, 0.6) is 0 Å². The largest absolute Gasteiger partial charge is 0.243 e. The Balaban J connectivity index is 2.39. The molecule has 2 rings (SSSR count). The lowest BCUT2D eigenvalue weighted by Crippen LogP contribution is -2.74. The van der Waals surface area contributed by atoms with E-state index in [1.165, 1.54) is 26.0 Å². The number of hydrogen-bond acceptors (Lipinski definition) is 3. The Morgan fingerprint density at radius 1 is 1.37 bits per heavy atom. The number of alkyl halides is 1. The summed E-state index contributed by atoms with van der Waals surface area (Å²) in [6.07, 6.45) is 0. The van der Waals surface area contributed by atoms with Gasteiger partial charge < -0.3 is 0 Å². The predicted molar refractivity (Wildman–Crippen MR) is 67.4 cm³/mol. The molecule has 6 nitrogen and oxygen atoms in total. The summed E-state index contributed by atoms with van der Waals surface area (Å²) in [5.41, 5.74) is 6.95. The second kappa shape index (κ2) is 4.19. The molecule has 1 atom stereocenters. The number of sulfonamides is 1. The van der Waals surface area contributed by atoms with E-state index in [2.05, 4.69) is 10.0 Å². The molecule has 1 aliphatic rings. The molecule has 0 bridgehead atoms. The van der Waals surface area contributed by atoms with E-state index in [1.807, 2.05) is 0 Å². The average Bonchev–Trinajstić information content (AvgIpc) is 2.37. The number of halogens is 1. The van der Waals surface area contributed by atoms with Crippen molar-refractivity contribution in [2.45, 2.75) is 30.1 Å². The van der Waals surface area contributed by atoms with Gasteiger partial charge in [-0.25, -0.2) is 12.8 Å².